The summed E-state index contributed by atoms with van der Waals surface area (Å²) in [5.41, 5.74) is 0.876. The van der Waals surface area contributed by atoms with Crippen LogP contribution in [0.2, 0.25) is 0 Å². The molecule has 0 spiro atoms. The van der Waals surface area contributed by atoms with Crippen LogP contribution in [0.15, 0.2) is 30.3 Å². The molecule has 0 saturated carbocycles. The van der Waals surface area contributed by atoms with E-state index in [0.29, 0.717) is 6.42 Å². The molecule has 1 rings (SSSR count). The maximum absolute atomic E-state index is 11.9. The van der Waals surface area contributed by atoms with E-state index < -0.39 is 19.7 Å². The summed E-state index contributed by atoms with van der Waals surface area (Å²) < 4.78 is 11.9. The Kier molecular flexibility index (Phi) is 4.13. The van der Waals surface area contributed by atoms with Gasteiger partial charge in [-0.2, -0.15) is 0 Å². The van der Waals surface area contributed by atoms with E-state index in [1.54, 1.807) is 0 Å². The number of rotatable bonds is 5. The average molecular weight is 195 g/mol. The van der Waals surface area contributed by atoms with Gasteiger partial charge < -0.3 is 14.6 Å². The molecule has 5 heteroatoms. The molecule has 0 aliphatic heterocycles. The number of nitrogens with one attached hydrogen (secondary N) is 1. The lowest BCUT2D eigenvalue weighted by atomic mass is 10.0. The fourth-order valence-corrected chi connectivity index (χ4v) is 1.19. The number of carboxylic acids is 1. The molecule has 2 N–H and O–H groups in total. The van der Waals surface area contributed by atoms with Crippen molar-refractivity contribution in [3.63, 3.8) is 0 Å². The summed E-state index contributed by atoms with van der Waals surface area (Å²) >= 11 is 0. The molecule has 14 heavy (non-hydrogen) atoms. The normalized spacial score (nSPS) is 12.1. The van der Waals surface area contributed by atoms with E-state index in [9.17, 15) is 9.11 Å². The van der Waals surface area contributed by atoms with Crippen molar-refractivity contribution in [2.24, 2.45) is 0 Å². The lowest BCUT2D eigenvalue weighted by Crippen LogP contribution is -2.39. The van der Waals surface area contributed by atoms with Crippen LogP contribution in [0.1, 0.15) is 5.56 Å². The summed E-state index contributed by atoms with van der Waals surface area (Å²) in [5.74, 6) is -1.04. The predicted octanol–water partition coefficient (Wildman–Crippen LogP) is 0.508. The first-order valence-corrected chi connectivity index (χ1v) is 4.30. The van der Waals surface area contributed by atoms with Crippen molar-refractivity contribution in [3.8, 4) is 0 Å². The van der Waals surface area contributed by atoms with Crippen molar-refractivity contribution >= 4 is 13.7 Å². The summed E-state index contributed by atoms with van der Waals surface area (Å²) in [6.07, 6.45) is 0.292. The summed E-state index contributed by atoms with van der Waals surface area (Å²) in [5, 5.41) is 11.0. The molecule has 0 amide bonds. The molecule has 1 aromatic rings. The second-order valence-corrected chi connectivity index (χ2v) is 2.92. The summed E-state index contributed by atoms with van der Waals surface area (Å²) in [4.78, 5) is 10.7. The van der Waals surface area contributed by atoms with Crippen LogP contribution in [-0.2, 0) is 11.2 Å². The minimum absolute atomic E-state index is 0.292. The third-order valence-corrected chi connectivity index (χ3v) is 1.90. The number of carbonyl (C=O) groups is 1. The molecule has 74 valence electrons. The Bertz CT molecular complexity index is 294. The fourth-order valence-electron chi connectivity index (χ4n) is 1.19. The van der Waals surface area contributed by atoms with Crippen molar-refractivity contribution in [3.05, 3.63) is 35.9 Å². The lowest BCUT2D eigenvalue weighted by molar-refractivity contribution is -0.138. The summed E-state index contributed by atoms with van der Waals surface area (Å²) in [7, 11) is -0.830. The van der Waals surface area contributed by atoms with E-state index in [0.717, 1.165) is 5.56 Å². The van der Waals surface area contributed by atoms with E-state index in [1.807, 2.05) is 30.3 Å². The predicted molar refractivity (Wildman–Crippen MR) is 53.0 cm³/mol. The molecule has 3 nitrogen and oxygen atoms in total. The SMILES string of the molecule is O=C(O)[C@H](Cc1ccccc1)NBF. The topological polar surface area (TPSA) is 49.3 Å². The first kappa shape index (κ1) is 10.7. The van der Waals surface area contributed by atoms with Crippen molar-refractivity contribution in [2.45, 2.75) is 12.5 Å². The van der Waals surface area contributed by atoms with Crippen LogP contribution in [-0.4, -0.2) is 24.8 Å². The van der Waals surface area contributed by atoms with Gasteiger partial charge in [0, 0.05) is 0 Å². The van der Waals surface area contributed by atoms with Crippen molar-refractivity contribution in [1.82, 2.24) is 5.23 Å². The minimum atomic E-state index is -1.04. The van der Waals surface area contributed by atoms with Gasteiger partial charge in [-0.25, -0.2) is 0 Å². The van der Waals surface area contributed by atoms with E-state index in [-0.39, 0.29) is 0 Å². The van der Waals surface area contributed by atoms with Gasteiger partial charge in [0.25, 0.3) is 0 Å². The number of hydrogen-bond acceptors (Lipinski definition) is 2. The van der Waals surface area contributed by atoms with Gasteiger partial charge in [0.15, 0.2) is 0 Å². The van der Waals surface area contributed by atoms with Crippen molar-refractivity contribution in [2.75, 3.05) is 0 Å². The quantitative estimate of drug-likeness (QED) is 0.673. The fraction of sp³-hybridized carbons (Fsp3) is 0.222. The third-order valence-electron chi connectivity index (χ3n) is 1.90. The van der Waals surface area contributed by atoms with Gasteiger partial charge in [0.05, 0.1) is 0 Å². The third kappa shape index (κ3) is 3.18. The molecular formula is C9H11BFNO2. The highest BCUT2D eigenvalue weighted by Crippen LogP contribution is 2.02. The molecule has 0 bridgehead atoms. The second kappa shape index (κ2) is 5.39. The van der Waals surface area contributed by atoms with Crippen molar-refractivity contribution in [1.29, 1.82) is 0 Å². The van der Waals surface area contributed by atoms with Crippen LogP contribution in [0.5, 0.6) is 0 Å². The van der Waals surface area contributed by atoms with Crippen LogP contribution in [0.25, 0.3) is 0 Å². The molecule has 1 atom stereocenters. The molecule has 0 aliphatic rings. The van der Waals surface area contributed by atoms with E-state index in [1.165, 1.54) is 0 Å². The molecule has 0 unspecified atom stereocenters. The largest absolute Gasteiger partial charge is 0.480 e. The van der Waals surface area contributed by atoms with Gasteiger partial charge in [-0.05, 0) is 12.0 Å². The first-order chi connectivity index (χ1) is 6.74. The number of benzene rings is 1. The Labute approximate surface area is 82.3 Å². The standard InChI is InChI=1S/C9H11BFNO2/c11-10-12-8(9(13)14)6-7-4-2-1-3-5-7/h1-5,8,10,12H,6H2,(H,13,14)/t8-/m0/s1. The smallest absolute Gasteiger partial charge is 0.412 e. The maximum atomic E-state index is 11.9. The van der Waals surface area contributed by atoms with Gasteiger partial charge in [0.2, 0.25) is 0 Å². The molecule has 0 heterocycles. The highest BCUT2D eigenvalue weighted by molar-refractivity contribution is 6.23. The molecule has 0 aliphatic carbocycles. The van der Waals surface area contributed by atoms with Crippen LogP contribution in [0, 0.1) is 0 Å². The Hall–Kier alpha value is -1.36. The van der Waals surface area contributed by atoms with Crippen LogP contribution in [0.4, 0.5) is 4.32 Å². The zero-order chi connectivity index (χ0) is 10.4. The Balaban J connectivity index is 2.60. The van der Waals surface area contributed by atoms with Crippen LogP contribution < -0.4 is 5.23 Å². The van der Waals surface area contributed by atoms with Crippen LogP contribution in [0.3, 0.4) is 0 Å². The van der Waals surface area contributed by atoms with Gasteiger partial charge in [-0.15, -0.1) is 0 Å². The Morgan fingerprint density at radius 1 is 1.50 bits per heavy atom. The summed E-state index contributed by atoms with van der Waals surface area (Å²) in [6, 6.07) is 8.27. The molecule has 0 radical (unpaired) electrons. The minimum Gasteiger partial charge on any atom is -0.480 e. The monoisotopic (exact) mass is 195 g/mol. The zero-order valence-electron chi connectivity index (χ0n) is 7.61. The Morgan fingerprint density at radius 2 is 2.14 bits per heavy atom. The van der Waals surface area contributed by atoms with E-state index in [2.05, 4.69) is 5.23 Å². The number of carboxylic acid groups (broad SMARTS) is 1. The zero-order valence-corrected chi connectivity index (χ0v) is 7.61. The highest BCUT2D eigenvalue weighted by Gasteiger charge is 2.16. The lowest BCUT2D eigenvalue weighted by Gasteiger charge is -2.11. The van der Waals surface area contributed by atoms with E-state index in [4.69, 9.17) is 5.11 Å². The summed E-state index contributed by atoms with van der Waals surface area (Å²) in [6.45, 7) is 0. The number of halogens is 1. The molecule has 1 aromatic carbocycles. The molecular weight excluding hydrogens is 184 g/mol. The molecule has 0 aromatic heterocycles. The number of aliphatic carboxylic acids is 1. The van der Waals surface area contributed by atoms with Gasteiger partial charge in [-0.3, -0.25) is 4.79 Å². The van der Waals surface area contributed by atoms with E-state index >= 15 is 0 Å². The Morgan fingerprint density at radius 3 is 2.64 bits per heavy atom. The second-order valence-electron chi connectivity index (χ2n) is 2.92. The first-order valence-electron chi connectivity index (χ1n) is 4.30. The molecule has 0 saturated heterocycles. The maximum Gasteiger partial charge on any atom is 0.412 e. The van der Waals surface area contributed by atoms with Crippen LogP contribution >= 0.6 is 0 Å². The average Bonchev–Trinajstić information content (AvgIpc) is 2.18. The highest BCUT2D eigenvalue weighted by atomic mass is 19.1. The van der Waals surface area contributed by atoms with Gasteiger partial charge in [0.1, 0.15) is 6.04 Å². The van der Waals surface area contributed by atoms with Crippen molar-refractivity contribution < 1.29 is 14.2 Å². The van der Waals surface area contributed by atoms with Gasteiger partial charge >= 0.3 is 13.7 Å². The molecule has 0 fully saturated rings. The van der Waals surface area contributed by atoms with Gasteiger partial charge in [-0.1, -0.05) is 30.3 Å². The number of hydrogen-bond donors (Lipinski definition) is 2.